The molecule has 2 unspecified atom stereocenters. The lowest BCUT2D eigenvalue weighted by Crippen LogP contribution is -2.56. The number of carbonyl (C=O) groups is 1. The number of carboxylic acids is 1. The maximum Gasteiger partial charge on any atom is 0.490 e. The number of aromatic nitrogens is 3. The number of alkyl halides is 4. The van der Waals surface area contributed by atoms with Crippen molar-refractivity contribution in [1.29, 1.82) is 0 Å². The first kappa shape index (κ1) is 34.2. The summed E-state index contributed by atoms with van der Waals surface area (Å²) in [6.07, 6.45) is -1.83. The number of benzene rings is 2. The zero-order valence-corrected chi connectivity index (χ0v) is 25.8. The topological polar surface area (TPSA) is 147 Å². The van der Waals surface area contributed by atoms with Gasteiger partial charge in [0.1, 0.15) is 17.7 Å². The number of hydrogen-bond donors (Lipinski definition) is 3. The molecule has 0 aliphatic carbocycles. The second-order valence-electron chi connectivity index (χ2n) is 10.6. The highest BCUT2D eigenvalue weighted by Gasteiger charge is 2.47. The number of aliphatic carboxylic acids is 1. The molecule has 0 amide bonds. The van der Waals surface area contributed by atoms with Gasteiger partial charge in [0.05, 0.1) is 11.7 Å². The summed E-state index contributed by atoms with van der Waals surface area (Å²) in [6, 6.07) is 12.7. The lowest BCUT2D eigenvalue weighted by Gasteiger charge is -2.41. The molecule has 2 atom stereocenters. The van der Waals surface area contributed by atoms with Gasteiger partial charge in [-0.2, -0.15) is 31.0 Å². The van der Waals surface area contributed by atoms with Crippen LogP contribution < -0.4 is 15.4 Å². The minimum absolute atomic E-state index is 0.0615. The van der Waals surface area contributed by atoms with Crippen molar-refractivity contribution in [2.75, 3.05) is 37.6 Å². The largest absolute Gasteiger partial charge is 0.490 e. The first-order chi connectivity index (χ1) is 22.1. The monoisotopic (exact) mass is 699 g/mol. The SMILES string of the molecule is NS(=O)(=O)N1CC(F)C1c1cc(Cl)cc(-c2cn(-c3ccc(N4CCNCC4)cc3)nc2-c2ccncc2)c1F.O=C(O)C(F)(F)F. The third-order valence-corrected chi connectivity index (χ3v) is 8.76. The number of rotatable bonds is 6. The molecular weight excluding hydrogens is 673 g/mol. The summed E-state index contributed by atoms with van der Waals surface area (Å²) >= 11 is 6.39. The number of hydrogen-bond acceptors (Lipinski definition) is 7. The molecule has 4 N–H and O–H groups in total. The molecule has 2 saturated heterocycles. The molecule has 11 nitrogen and oxygen atoms in total. The van der Waals surface area contributed by atoms with Crippen LogP contribution in [0, 0.1) is 5.82 Å². The van der Waals surface area contributed by atoms with E-state index in [4.69, 9.17) is 31.7 Å². The number of nitrogens with one attached hydrogen (secondary N) is 1. The highest BCUT2D eigenvalue weighted by Crippen LogP contribution is 2.43. The third-order valence-electron chi connectivity index (χ3n) is 7.52. The van der Waals surface area contributed by atoms with Crippen LogP contribution in [-0.4, -0.2) is 83.6 Å². The van der Waals surface area contributed by atoms with Crippen molar-refractivity contribution >= 4 is 33.5 Å². The molecule has 0 saturated carbocycles. The van der Waals surface area contributed by atoms with E-state index in [0.29, 0.717) is 16.8 Å². The Kier molecular flexibility index (Phi) is 9.83. The highest BCUT2D eigenvalue weighted by molar-refractivity contribution is 7.86. The summed E-state index contributed by atoms with van der Waals surface area (Å²) in [5.74, 6) is -3.55. The molecule has 250 valence electrons. The number of carboxylic acid groups (broad SMARTS) is 1. The molecular formula is C29H27ClF5N7O4S. The Labute approximate surface area is 270 Å². The summed E-state index contributed by atoms with van der Waals surface area (Å²) in [5, 5.41) is 20.6. The number of piperazine rings is 1. The van der Waals surface area contributed by atoms with E-state index in [2.05, 4.69) is 15.2 Å². The number of nitrogens with zero attached hydrogens (tertiary/aromatic N) is 5. The van der Waals surface area contributed by atoms with Gasteiger partial charge in [0.25, 0.3) is 10.2 Å². The van der Waals surface area contributed by atoms with Gasteiger partial charge in [-0.3, -0.25) is 4.98 Å². The summed E-state index contributed by atoms with van der Waals surface area (Å²) in [7, 11) is -4.25. The van der Waals surface area contributed by atoms with E-state index in [9.17, 15) is 26.0 Å². The zero-order chi connectivity index (χ0) is 34.1. The maximum absolute atomic E-state index is 16.2. The predicted octanol–water partition coefficient (Wildman–Crippen LogP) is 4.34. The molecule has 2 aliphatic rings. The van der Waals surface area contributed by atoms with Gasteiger partial charge in [0.15, 0.2) is 0 Å². The normalized spacial score (nSPS) is 18.7. The molecule has 4 heterocycles. The van der Waals surface area contributed by atoms with Gasteiger partial charge >= 0.3 is 12.1 Å². The van der Waals surface area contributed by atoms with E-state index < -0.39 is 46.9 Å². The van der Waals surface area contributed by atoms with Gasteiger partial charge in [0.2, 0.25) is 0 Å². The smallest absolute Gasteiger partial charge is 0.475 e. The molecule has 4 aromatic rings. The Morgan fingerprint density at radius 1 is 1.02 bits per heavy atom. The standard InChI is InChI=1S/C27H26ClF2N7O2S.C2HF3O2/c28-18-13-21(25(30)22(14-18)27-24(29)16-37(27)40(31,38)39)23-15-36(34-26(23)17-5-7-32-8-6-17)20-3-1-19(2-4-20)35-11-9-33-10-12-35;3-2(4,5)1(6)7/h1-8,13-15,24,27,33H,9-12,16H2,(H2,31,38,39);(H,6,7). The third kappa shape index (κ3) is 7.54. The van der Waals surface area contributed by atoms with E-state index in [1.54, 1.807) is 35.4 Å². The molecule has 6 rings (SSSR count). The lowest BCUT2D eigenvalue weighted by atomic mass is 9.91. The van der Waals surface area contributed by atoms with Gasteiger partial charge in [-0.15, -0.1) is 0 Å². The Morgan fingerprint density at radius 3 is 2.17 bits per heavy atom. The van der Waals surface area contributed by atoms with Gasteiger partial charge < -0.3 is 15.3 Å². The van der Waals surface area contributed by atoms with Crippen LogP contribution in [0.2, 0.25) is 5.02 Å². The van der Waals surface area contributed by atoms with Crippen LogP contribution in [0.5, 0.6) is 0 Å². The Balaban J connectivity index is 0.000000559. The molecule has 18 heteroatoms. The van der Waals surface area contributed by atoms with Crippen molar-refractivity contribution in [2.24, 2.45) is 5.14 Å². The van der Waals surface area contributed by atoms with E-state index >= 15 is 4.39 Å². The predicted molar refractivity (Wildman–Crippen MR) is 163 cm³/mol. The van der Waals surface area contributed by atoms with Crippen molar-refractivity contribution in [3.8, 4) is 28.1 Å². The summed E-state index contributed by atoms with van der Waals surface area (Å²) in [6.45, 7) is 3.22. The number of pyridine rings is 1. The first-order valence-corrected chi connectivity index (χ1v) is 15.8. The average Bonchev–Trinajstić information content (AvgIpc) is 3.47. The van der Waals surface area contributed by atoms with Crippen molar-refractivity contribution < 1.29 is 40.3 Å². The van der Waals surface area contributed by atoms with Crippen LogP contribution >= 0.6 is 11.6 Å². The van der Waals surface area contributed by atoms with Crippen LogP contribution in [0.4, 0.5) is 27.6 Å². The maximum atomic E-state index is 16.2. The Hall–Kier alpha value is -4.16. The average molecular weight is 700 g/mol. The van der Waals surface area contributed by atoms with Crippen molar-refractivity contribution in [1.82, 2.24) is 24.4 Å². The molecule has 2 aromatic carbocycles. The minimum atomic E-state index is -5.08. The van der Waals surface area contributed by atoms with Crippen LogP contribution in [0.3, 0.4) is 0 Å². The number of nitrogens with two attached hydrogens (primary N) is 1. The fourth-order valence-electron chi connectivity index (χ4n) is 5.23. The molecule has 0 radical (unpaired) electrons. The van der Waals surface area contributed by atoms with E-state index in [1.165, 1.54) is 12.1 Å². The van der Waals surface area contributed by atoms with E-state index in [0.717, 1.165) is 41.9 Å². The quantitative estimate of drug-likeness (QED) is 0.252. The van der Waals surface area contributed by atoms with Crippen LogP contribution in [0.1, 0.15) is 11.6 Å². The van der Waals surface area contributed by atoms with Gasteiger partial charge in [0, 0.05) is 84.3 Å². The Morgan fingerprint density at radius 2 is 1.62 bits per heavy atom. The number of anilines is 1. The van der Waals surface area contributed by atoms with Gasteiger partial charge in [-0.25, -0.2) is 23.4 Å². The highest BCUT2D eigenvalue weighted by atomic mass is 35.5. The van der Waals surface area contributed by atoms with Crippen LogP contribution in [-0.2, 0) is 15.0 Å². The fraction of sp³-hybridized carbons (Fsp3) is 0.276. The van der Waals surface area contributed by atoms with Crippen LogP contribution in [0.15, 0.2) is 67.1 Å². The zero-order valence-electron chi connectivity index (χ0n) is 24.2. The Bertz CT molecular complexity index is 1860. The van der Waals surface area contributed by atoms with Crippen molar-refractivity contribution in [2.45, 2.75) is 18.4 Å². The fourth-order valence-corrected chi connectivity index (χ4v) is 6.37. The summed E-state index contributed by atoms with van der Waals surface area (Å²) < 4.78 is 88.8. The van der Waals surface area contributed by atoms with Crippen LogP contribution in [0.25, 0.3) is 28.1 Å². The van der Waals surface area contributed by atoms with E-state index in [1.807, 2.05) is 24.3 Å². The molecule has 2 fully saturated rings. The summed E-state index contributed by atoms with van der Waals surface area (Å²) in [5.41, 5.74) is 3.25. The molecule has 2 aromatic heterocycles. The first-order valence-electron chi connectivity index (χ1n) is 13.9. The molecule has 0 bridgehead atoms. The molecule has 47 heavy (non-hydrogen) atoms. The minimum Gasteiger partial charge on any atom is -0.475 e. The van der Waals surface area contributed by atoms with E-state index in [-0.39, 0.29) is 16.1 Å². The summed E-state index contributed by atoms with van der Waals surface area (Å²) in [4.78, 5) is 15.3. The number of halogens is 6. The molecule has 0 spiro atoms. The van der Waals surface area contributed by atoms with Crippen molar-refractivity contribution in [3.05, 3.63) is 83.5 Å². The second kappa shape index (κ2) is 13.5. The van der Waals surface area contributed by atoms with Gasteiger partial charge in [-0.1, -0.05) is 11.6 Å². The molecule has 2 aliphatic heterocycles. The lowest BCUT2D eigenvalue weighted by molar-refractivity contribution is -0.192. The van der Waals surface area contributed by atoms with Gasteiger partial charge in [-0.05, 0) is 48.5 Å². The second-order valence-corrected chi connectivity index (χ2v) is 12.5. The van der Waals surface area contributed by atoms with Crippen molar-refractivity contribution in [3.63, 3.8) is 0 Å².